The molecule has 3 N–H and O–H groups in total. The first-order chi connectivity index (χ1) is 14.2. The molecule has 2 heterocycles. The van der Waals surface area contributed by atoms with Crippen molar-refractivity contribution >= 4 is 60.4 Å². The number of aromatic nitrogens is 1. The van der Waals surface area contributed by atoms with Crippen molar-refractivity contribution in [2.24, 2.45) is 0 Å². The van der Waals surface area contributed by atoms with Crippen LogP contribution in [0.5, 0.6) is 5.75 Å². The van der Waals surface area contributed by atoms with E-state index in [2.05, 4.69) is 9.71 Å². The number of benzene rings is 2. The van der Waals surface area contributed by atoms with Crippen LogP contribution in [0.4, 0.5) is 5.69 Å². The number of hydrogen-bond acceptors (Lipinski definition) is 6. The smallest absolute Gasteiger partial charge is 0.266 e. The van der Waals surface area contributed by atoms with Gasteiger partial charge in [-0.05, 0) is 55.4 Å². The van der Waals surface area contributed by atoms with Gasteiger partial charge in [0.05, 0.1) is 5.75 Å². The number of phenols is 1. The molecule has 164 valence electrons. The number of rotatable bonds is 6. The topological polar surface area (TPSA) is 102 Å². The van der Waals surface area contributed by atoms with Gasteiger partial charge in [0.25, 0.3) is 5.56 Å². The lowest BCUT2D eigenvalue weighted by atomic mass is 9.97. The highest BCUT2D eigenvalue weighted by Crippen LogP contribution is 2.40. The fraction of sp³-hybridized carbons (Fsp3) is 0.190. The number of hydrogen-bond donors (Lipinski definition) is 3. The summed E-state index contributed by atoms with van der Waals surface area (Å²) in [6.07, 6.45) is 0. The number of phenolic OH excluding ortho intramolecular Hbond substituents is 1. The van der Waals surface area contributed by atoms with Crippen molar-refractivity contribution < 1.29 is 13.5 Å². The Kier molecular flexibility index (Phi) is 6.61. The molecule has 2 aromatic heterocycles. The minimum Gasteiger partial charge on any atom is -0.507 e. The van der Waals surface area contributed by atoms with Gasteiger partial charge in [0.2, 0.25) is 10.0 Å². The standard InChI is InChI=1S/C21H21N3O4S2.ClH/c1-24(2)9-11-30(27,28)23-14-5-3-4-13(12-14)18-17(25)7-6-16-19(18)15-8-10-29-20(15)21(26)22-16;/h3-8,10,12,23,25H,9,11H2,1-2H3,(H,22,26);1H. The molecule has 2 aromatic carbocycles. The van der Waals surface area contributed by atoms with E-state index in [0.29, 0.717) is 33.6 Å². The lowest BCUT2D eigenvalue weighted by Gasteiger charge is -2.14. The maximum absolute atomic E-state index is 12.4. The van der Waals surface area contributed by atoms with Gasteiger partial charge in [-0.2, -0.15) is 0 Å². The van der Waals surface area contributed by atoms with Crippen LogP contribution in [0, 0.1) is 0 Å². The number of aromatic amines is 1. The van der Waals surface area contributed by atoms with Crippen molar-refractivity contribution in [3.8, 4) is 16.9 Å². The summed E-state index contributed by atoms with van der Waals surface area (Å²) in [5.74, 6) is 0.0233. The van der Waals surface area contributed by atoms with Crippen LogP contribution in [0.1, 0.15) is 0 Å². The lowest BCUT2D eigenvalue weighted by molar-refractivity contribution is 0.432. The summed E-state index contributed by atoms with van der Waals surface area (Å²) in [5, 5.41) is 14.0. The van der Waals surface area contributed by atoms with E-state index in [0.717, 1.165) is 10.8 Å². The second-order valence-electron chi connectivity index (χ2n) is 7.30. The molecule has 0 aliphatic rings. The Balaban J connectivity index is 0.00000272. The van der Waals surface area contributed by atoms with Crippen molar-refractivity contribution in [2.45, 2.75) is 0 Å². The van der Waals surface area contributed by atoms with Crippen molar-refractivity contribution in [2.75, 3.05) is 31.1 Å². The number of aromatic hydroxyl groups is 1. The van der Waals surface area contributed by atoms with E-state index in [1.165, 1.54) is 17.4 Å². The molecule has 0 aliphatic heterocycles. The van der Waals surface area contributed by atoms with Gasteiger partial charge in [-0.1, -0.05) is 12.1 Å². The first-order valence-electron chi connectivity index (χ1n) is 9.26. The Bertz CT molecular complexity index is 1410. The maximum Gasteiger partial charge on any atom is 0.266 e. The molecule has 7 nitrogen and oxygen atoms in total. The third-order valence-electron chi connectivity index (χ3n) is 4.80. The fourth-order valence-electron chi connectivity index (χ4n) is 3.40. The van der Waals surface area contributed by atoms with Gasteiger partial charge in [0, 0.05) is 34.1 Å². The summed E-state index contributed by atoms with van der Waals surface area (Å²) < 4.78 is 27.9. The molecule has 0 bridgehead atoms. The van der Waals surface area contributed by atoms with Gasteiger partial charge in [-0.3, -0.25) is 9.52 Å². The second-order valence-corrected chi connectivity index (χ2v) is 10.1. The van der Waals surface area contributed by atoms with Crippen LogP contribution in [0.15, 0.2) is 52.6 Å². The molecule has 0 spiro atoms. The predicted molar refractivity (Wildman–Crippen MR) is 130 cm³/mol. The zero-order chi connectivity index (χ0) is 21.5. The number of halogens is 1. The van der Waals surface area contributed by atoms with Crippen molar-refractivity contribution in [1.82, 2.24) is 9.88 Å². The normalized spacial score (nSPS) is 11.7. The molecule has 0 atom stereocenters. The number of thiophene rings is 1. The Hall–Kier alpha value is -2.59. The molecular weight excluding hydrogens is 458 g/mol. The zero-order valence-electron chi connectivity index (χ0n) is 16.9. The van der Waals surface area contributed by atoms with Gasteiger partial charge >= 0.3 is 0 Å². The maximum atomic E-state index is 12.4. The van der Waals surface area contributed by atoms with Gasteiger partial charge in [0.1, 0.15) is 10.4 Å². The van der Waals surface area contributed by atoms with Gasteiger partial charge in [0.15, 0.2) is 0 Å². The molecule has 0 radical (unpaired) electrons. The second kappa shape index (κ2) is 8.88. The Morgan fingerprint density at radius 1 is 1.16 bits per heavy atom. The van der Waals surface area contributed by atoms with Gasteiger partial charge in [-0.25, -0.2) is 8.42 Å². The fourth-order valence-corrected chi connectivity index (χ4v) is 5.39. The number of nitrogens with zero attached hydrogens (tertiary/aromatic N) is 1. The SMILES string of the molecule is CN(C)CCS(=O)(=O)Nc1cccc(-c2c(O)ccc3[nH]c(=O)c4sccc4c23)c1.Cl. The van der Waals surface area contributed by atoms with E-state index in [1.54, 1.807) is 35.2 Å². The molecule has 4 aromatic rings. The molecule has 0 saturated carbocycles. The molecule has 0 fully saturated rings. The third kappa shape index (κ3) is 4.69. The summed E-state index contributed by atoms with van der Waals surface area (Å²) in [5.41, 5.74) is 2.03. The highest BCUT2D eigenvalue weighted by atomic mass is 35.5. The Labute approximate surface area is 189 Å². The number of H-pyrrole nitrogens is 1. The summed E-state index contributed by atoms with van der Waals surface area (Å²) >= 11 is 1.34. The molecular formula is C21H22ClN3O4S2. The van der Waals surface area contributed by atoms with Gasteiger partial charge in [-0.15, -0.1) is 23.7 Å². The first kappa shape index (κ1) is 23.1. The van der Waals surface area contributed by atoms with E-state index in [1.807, 2.05) is 25.5 Å². The number of pyridine rings is 1. The quantitative estimate of drug-likeness (QED) is 0.390. The summed E-state index contributed by atoms with van der Waals surface area (Å²) in [6, 6.07) is 11.9. The molecule has 0 amide bonds. The van der Waals surface area contributed by atoms with Crippen LogP contribution < -0.4 is 10.3 Å². The molecule has 10 heteroatoms. The number of fused-ring (bicyclic) bond motifs is 3. The predicted octanol–water partition coefficient (Wildman–Crippen LogP) is 3.84. The lowest BCUT2D eigenvalue weighted by Crippen LogP contribution is -2.26. The Morgan fingerprint density at radius 2 is 1.94 bits per heavy atom. The van der Waals surface area contributed by atoms with Crippen LogP contribution in [0.3, 0.4) is 0 Å². The average Bonchev–Trinajstić information content (AvgIpc) is 3.17. The molecule has 0 aliphatic carbocycles. The third-order valence-corrected chi connectivity index (χ3v) is 6.98. The first-order valence-corrected chi connectivity index (χ1v) is 11.8. The van der Waals surface area contributed by atoms with Crippen LogP contribution in [-0.2, 0) is 10.0 Å². The van der Waals surface area contributed by atoms with E-state index >= 15 is 0 Å². The van der Waals surface area contributed by atoms with Crippen molar-refractivity contribution in [1.29, 1.82) is 0 Å². The Morgan fingerprint density at radius 3 is 2.68 bits per heavy atom. The number of anilines is 1. The monoisotopic (exact) mass is 479 g/mol. The van der Waals surface area contributed by atoms with Gasteiger partial charge < -0.3 is 15.0 Å². The molecule has 31 heavy (non-hydrogen) atoms. The molecule has 0 unspecified atom stereocenters. The average molecular weight is 480 g/mol. The minimum atomic E-state index is -3.51. The number of sulfonamides is 1. The van der Waals surface area contributed by atoms with E-state index < -0.39 is 10.0 Å². The van der Waals surface area contributed by atoms with Crippen molar-refractivity contribution in [3.63, 3.8) is 0 Å². The van der Waals surface area contributed by atoms with Crippen LogP contribution in [0.2, 0.25) is 0 Å². The summed E-state index contributed by atoms with van der Waals surface area (Å²) in [6.45, 7) is 0.405. The van der Waals surface area contributed by atoms with Crippen LogP contribution in [-0.4, -0.2) is 49.8 Å². The van der Waals surface area contributed by atoms with Crippen LogP contribution in [0.25, 0.3) is 32.1 Å². The highest BCUT2D eigenvalue weighted by molar-refractivity contribution is 7.92. The molecule has 0 saturated heterocycles. The summed E-state index contributed by atoms with van der Waals surface area (Å²) in [4.78, 5) is 17.0. The van der Waals surface area contributed by atoms with Crippen LogP contribution >= 0.6 is 23.7 Å². The van der Waals surface area contributed by atoms with E-state index in [4.69, 9.17) is 0 Å². The minimum absolute atomic E-state index is 0. The van der Waals surface area contributed by atoms with Crippen molar-refractivity contribution in [3.05, 3.63) is 58.2 Å². The van der Waals surface area contributed by atoms with E-state index in [-0.39, 0.29) is 29.5 Å². The highest BCUT2D eigenvalue weighted by Gasteiger charge is 2.17. The summed E-state index contributed by atoms with van der Waals surface area (Å²) in [7, 11) is 0.116. The molecule has 4 rings (SSSR count). The number of nitrogens with one attached hydrogen (secondary N) is 2. The van der Waals surface area contributed by atoms with E-state index in [9.17, 15) is 18.3 Å². The largest absolute Gasteiger partial charge is 0.507 e. The zero-order valence-corrected chi connectivity index (χ0v) is 19.3.